The van der Waals surface area contributed by atoms with Gasteiger partial charge < -0.3 is 24.6 Å². The zero-order valence-corrected chi connectivity index (χ0v) is 17.0. The first-order valence-corrected chi connectivity index (χ1v) is 9.97. The summed E-state index contributed by atoms with van der Waals surface area (Å²) in [4.78, 5) is 42.5. The molecule has 0 atom stereocenters. The van der Waals surface area contributed by atoms with Gasteiger partial charge in [0.15, 0.2) is 11.5 Å². The Morgan fingerprint density at radius 3 is 2.41 bits per heavy atom. The largest absolute Gasteiger partial charge is 0.454 e. The molecule has 1 fully saturated rings. The van der Waals surface area contributed by atoms with E-state index in [0.29, 0.717) is 62.9 Å². The second-order valence-electron chi connectivity index (χ2n) is 6.97. The lowest BCUT2D eigenvalue weighted by Gasteiger charge is -2.35. The van der Waals surface area contributed by atoms with Crippen LogP contribution < -0.4 is 14.8 Å². The maximum atomic E-state index is 12.4. The Labute approximate surface area is 170 Å². The minimum absolute atomic E-state index is 0.0638. The van der Waals surface area contributed by atoms with Gasteiger partial charge in [-0.15, -0.1) is 0 Å². The van der Waals surface area contributed by atoms with Crippen molar-refractivity contribution in [3.8, 4) is 11.5 Å². The lowest BCUT2D eigenvalue weighted by atomic mass is 10.2. The van der Waals surface area contributed by atoms with Crippen LogP contribution in [0.5, 0.6) is 11.5 Å². The van der Waals surface area contributed by atoms with Crippen LogP contribution in [0.2, 0.25) is 0 Å². The van der Waals surface area contributed by atoms with E-state index in [1.165, 1.54) is 0 Å². The van der Waals surface area contributed by atoms with Crippen LogP contribution in [-0.2, 0) is 9.59 Å². The molecule has 1 N–H and O–H groups in total. The van der Waals surface area contributed by atoms with E-state index in [2.05, 4.69) is 10.2 Å². The lowest BCUT2D eigenvalue weighted by molar-refractivity contribution is -0.134. The van der Waals surface area contributed by atoms with Gasteiger partial charge in [-0.1, -0.05) is 0 Å². The van der Waals surface area contributed by atoms with Crippen LogP contribution >= 0.6 is 0 Å². The van der Waals surface area contributed by atoms with Crippen LogP contribution in [0.1, 0.15) is 24.2 Å². The Morgan fingerprint density at radius 2 is 1.72 bits per heavy atom. The van der Waals surface area contributed by atoms with Gasteiger partial charge in [0, 0.05) is 44.8 Å². The fourth-order valence-corrected chi connectivity index (χ4v) is 3.43. The normalized spacial score (nSPS) is 15.9. The number of likely N-dealkylation sites (N-methyl/N-ethyl adjacent to an activating group) is 1. The first kappa shape index (κ1) is 20.9. The van der Waals surface area contributed by atoms with Gasteiger partial charge in [-0.25, -0.2) is 0 Å². The predicted molar refractivity (Wildman–Crippen MR) is 106 cm³/mol. The lowest BCUT2D eigenvalue weighted by Crippen LogP contribution is -2.53. The van der Waals surface area contributed by atoms with Gasteiger partial charge in [0.25, 0.3) is 5.91 Å². The van der Waals surface area contributed by atoms with Crippen molar-refractivity contribution < 1.29 is 23.9 Å². The van der Waals surface area contributed by atoms with Crippen LogP contribution in [0.25, 0.3) is 0 Å². The summed E-state index contributed by atoms with van der Waals surface area (Å²) >= 11 is 0. The summed E-state index contributed by atoms with van der Waals surface area (Å²) < 4.78 is 10.5. The zero-order valence-electron chi connectivity index (χ0n) is 17.0. The SMILES string of the molecule is CCN(CC)C(=O)CN1CCN(C(=O)CNC(=O)c2ccc3c(c2)OCO3)CC1. The van der Waals surface area contributed by atoms with E-state index < -0.39 is 0 Å². The molecule has 0 saturated carbocycles. The van der Waals surface area contributed by atoms with Gasteiger partial charge in [0.2, 0.25) is 18.6 Å². The fraction of sp³-hybridized carbons (Fsp3) is 0.550. The monoisotopic (exact) mass is 404 g/mol. The van der Waals surface area contributed by atoms with Crippen LogP contribution in [-0.4, -0.2) is 91.6 Å². The molecule has 0 unspecified atom stereocenters. The highest BCUT2D eigenvalue weighted by Crippen LogP contribution is 2.32. The molecule has 2 heterocycles. The number of benzene rings is 1. The molecule has 3 rings (SSSR count). The van der Waals surface area contributed by atoms with E-state index in [1.54, 1.807) is 23.1 Å². The van der Waals surface area contributed by atoms with Crippen molar-refractivity contribution in [2.75, 3.05) is 59.2 Å². The summed E-state index contributed by atoms with van der Waals surface area (Å²) in [5.41, 5.74) is 0.418. The number of carbonyl (C=O) groups is 3. The molecule has 9 heteroatoms. The highest BCUT2D eigenvalue weighted by atomic mass is 16.7. The molecule has 2 aliphatic heterocycles. The zero-order chi connectivity index (χ0) is 20.8. The maximum Gasteiger partial charge on any atom is 0.251 e. The highest BCUT2D eigenvalue weighted by molar-refractivity contribution is 5.97. The second kappa shape index (κ2) is 9.60. The number of amides is 3. The molecule has 0 radical (unpaired) electrons. The van der Waals surface area contributed by atoms with Gasteiger partial charge in [-0.05, 0) is 32.0 Å². The van der Waals surface area contributed by atoms with E-state index >= 15 is 0 Å². The van der Waals surface area contributed by atoms with Crippen molar-refractivity contribution in [1.29, 1.82) is 0 Å². The molecule has 158 valence electrons. The molecule has 1 aromatic carbocycles. The number of nitrogens with one attached hydrogen (secondary N) is 1. The first-order chi connectivity index (χ1) is 14.0. The minimum atomic E-state index is -0.333. The van der Waals surface area contributed by atoms with Gasteiger partial charge in [-0.2, -0.15) is 0 Å². The van der Waals surface area contributed by atoms with Crippen molar-refractivity contribution >= 4 is 17.7 Å². The molecular formula is C20H28N4O5. The Morgan fingerprint density at radius 1 is 1.03 bits per heavy atom. The third-order valence-electron chi connectivity index (χ3n) is 5.23. The van der Waals surface area contributed by atoms with E-state index in [9.17, 15) is 14.4 Å². The average Bonchev–Trinajstić information content (AvgIpc) is 3.21. The Kier molecular flexibility index (Phi) is 6.92. The molecule has 0 bridgehead atoms. The summed E-state index contributed by atoms with van der Waals surface area (Å²) in [5.74, 6) is 0.786. The summed E-state index contributed by atoms with van der Waals surface area (Å²) in [6.07, 6.45) is 0. The third-order valence-corrected chi connectivity index (χ3v) is 5.23. The van der Waals surface area contributed by atoms with E-state index in [-0.39, 0.29) is 31.1 Å². The predicted octanol–water partition coefficient (Wildman–Crippen LogP) is 0.158. The molecule has 0 spiro atoms. The molecular weight excluding hydrogens is 376 g/mol. The van der Waals surface area contributed by atoms with Gasteiger partial charge in [-0.3, -0.25) is 19.3 Å². The fourth-order valence-electron chi connectivity index (χ4n) is 3.43. The third kappa shape index (κ3) is 5.17. The molecule has 0 aliphatic carbocycles. The number of piperazine rings is 1. The number of hydrogen-bond acceptors (Lipinski definition) is 6. The molecule has 1 saturated heterocycles. The second-order valence-corrected chi connectivity index (χ2v) is 6.97. The van der Waals surface area contributed by atoms with E-state index in [0.717, 1.165) is 0 Å². The number of hydrogen-bond donors (Lipinski definition) is 1. The summed E-state index contributed by atoms with van der Waals surface area (Å²) in [6, 6.07) is 4.92. The van der Waals surface area contributed by atoms with E-state index in [1.807, 2.05) is 18.7 Å². The van der Waals surface area contributed by atoms with Gasteiger partial charge in [0.05, 0.1) is 13.1 Å². The van der Waals surface area contributed by atoms with Crippen molar-refractivity contribution in [2.45, 2.75) is 13.8 Å². The van der Waals surface area contributed by atoms with Crippen LogP contribution in [0.4, 0.5) is 0 Å². The van der Waals surface area contributed by atoms with Crippen LogP contribution in [0.3, 0.4) is 0 Å². The smallest absolute Gasteiger partial charge is 0.251 e. The van der Waals surface area contributed by atoms with Crippen molar-refractivity contribution in [2.24, 2.45) is 0 Å². The van der Waals surface area contributed by atoms with E-state index in [4.69, 9.17) is 9.47 Å². The topological polar surface area (TPSA) is 91.4 Å². The summed E-state index contributed by atoms with van der Waals surface area (Å²) in [6.45, 7) is 8.19. The first-order valence-electron chi connectivity index (χ1n) is 9.97. The molecule has 1 aromatic rings. The van der Waals surface area contributed by atoms with Gasteiger partial charge in [0.1, 0.15) is 0 Å². The number of nitrogens with zero attached hydrogens (tertiary/aromatic N) is 3. The number of carbonyl (C=O) groups excluding carboxylic acids is 3. The maximum absolute atomic E-state index is 12.4. The van der Waals surface area contributed by atoms with Crippen molar-refractivity contribution in [1.82, 2.24) is 20.0 Å². The van der Waals surface area contributed by atoms with Gasteiger partial charge >= 0.3 is 0 Å². The minimum Gasteiger partial charge on any atom is -0.454 e. The quantitative estimate of drug-likeness (QED) is 0.696. The van der Waals surface area contributed by atoms with Crippen molar-refractivity contribution in [3.63, 3.8) is 0 Å². The summed E-state index contributed by atoms with van der Waals surface area (Å²) in [5, 5.41) is 2.66. The Balaban J connectivity index is 1.42. The van der Waals surface area contributed by atoms with Crippen molar-refractivity contribution in [3.05, 3.63) is 23.8 Å². The number of ether oxygens (including phenoxy) is 2. The van der Waals surface area contributed by atoms with Crippen LogP contribution in [0.15, 0.2) is 18.2 Å². The number of fused-ring (bicyclic) bond motifs is 1. The number of rotatable bonds is 7. The average molecular weight is 404 g/mol. The Hall–Kier alpha value is -2.81. The Bertz CT molecular complexity index is 757. The molecule has 3 amide bonds. The molecule has 29 heavy (non-hydrogen) atoms. The van der Waals surface area contributed by atoms with Crippen LogP contribution in [0, 0.1) is 0 Å². The standard InChI is InChI=1S/C20H28N4O5/c1-3-23(4-2)19(26)13-22-7-9-24(10-8-22)18(25)12-21-20(27)15-5-6-16-17(11-15)29-14-28-16/h5-6,11H,3-4,7-10,12-14H2,1-2H3,(H,21,27). The molecule has 0 aromatic heterocycles. The summed E-state index contributed by atoms with van der Waals surface area (Å²) in [7, 11) is 0. The molecule has 2 aliphatic rings. The molecule has 9 nitrogen and oxygen atoms in total. The highest BCUT2D eigenvalue weighted by Gasteiger charge is 2.24.